The predicted molar refractivity (Wildman–Crippen MR) is 76.4 cm³/mol. The topological polar surface area (TPSA) is 77.3 Å². The fraction of sp³-hybridized carbons (Fsp3) is 0.214. The number of nitrogens with one attached hydrogen (secondary N) is 1. The number of ether oxygens (including phenoxy) is 1. The molecule has 1 heterocycles. The molecular weight excluding hydrogens is 258 g/mol. The first kappa shape index (κ1) is 13.8. The van der Waals surface area contributed by atoms with Crippen LogP contribution in [-0.2, 0) is 0 Å². The van der Waals surface area contributed by atoms with Crippen LogP contribution < -0.4 is 10.1 Å². The number of nitro groups is 1. The minimum absolute atomic E-state index is 0.0656. The molecule has 0 fully saturated rings. The smallest absolute Gasteiger partial charge is 0.278 e. The molecule has 2 aromatic rings. The van der Waals surface area contributed by atoms with E-state index in [4.69, 9.17) is 4.74 Å². The molecule has 0 aliphatic heterocycles. The second-order valence-electron chi connectivity index (χ2n) is 4.43. The molecule has 0 saturated carbocycles. The van der Waals surface area contributed by atoms with E-state index in [0.29, 0.717) is 11.6 Å². The van der Waals surface area contributed by atoms with Gasteiger partial charge in [-0.05, 0) is 25.5 Å². The summed E-state index contributed by atoms with van der Waals surface area (Å²) in [4.78, 5) is 14.6. The maximum absolute atomic E-state index is 10.9. The molecule has 104 valence electrons. The number of anilines is 1. The summed E-state index contributed by atoms with van der Waals surface area (Å²) in [6, 6.07) is 8.38. The molecular formula is C14H15N3O3. The highest BCUT2D eigenvalue weighted by Crippen LogP contribution is 2.28. The molecule has 0 aliphatic rings. The first-order valence-electron chi connectivity index (χ1n) is 6.09. The third kappa shape index (κ3) is 3.03. The van der Waals surface area contributed by atoms with Gasteiger partial charge in [0.05, 0.1) is 17.1 Å². The van der Waals surface area contributed by atoms with Crippen LogP contribution in [-0.4, -0.2) is 17.0 Å². The predicted octanol–water partition coefficient (Wildman–Crippen LogP) is 3.44. The van der Waals surface area contributed by atoms with E-state index < -0.39 is 4.92 Å². The Hall–Kier alpha value is -2.63. The highest BCUT2D eigenvalue weighted by molar-refractivity contribution is 5.49. The maximum Gasteiger partial charge on any atom is 0.278 e. The van der Waals surface area contributed by atoms with Gasteiger partial charge in [-0.2, -0.15) is 4.98 Å². The number of rotatable bonds is 4. The van der Waals surface area contributed by atoms with E-state index in [1.807, 2.05) is 32.0 Å². The molecule has 0 bridgehead atoms. The summed E-state index contributed by atoms with van der Waals surface area (Å²) in [5.74, 6) is 1.21. The number of nitrogens with zero attached hydrogens (tertiary/aromatic N) is 2. The number of hydrogen-bond donors (Lipinski definition) is 1. The van der Waals surface area contributed by atoms with E-state index in [0.717, 1.165) is 11.1 Å². The lowest BCUT2D eigenvalue weighted by Crippen LogP contribution is -1.98. The van der Waals surface area contributed by atoms with E-state index in [1.54, 1.807) is 7.05 Å². The van der Waals surface area contributed by atoms with Crippen molar-refractivity contribution in [2.45, 2.75) is 13.8 Å². The summed E-state index contributed by atoms with van der Waals surface area (Å²) < 4.78 is 5.64. The standard InChI is InChI=1S/C14H15N3O3/c1-9-4-5-12(10(2)6-9)20-14-8-11(17(18)19)7-13(15-3)16-14/h4-8H,1-3H3,(H,15,16). The number of aryl methyl sites for hydroxylation is 2. The Morgan fingerprint density at radius 2 is 2.00 bits per heavy atom. The Morgan fingerprint density at radius 3 is 2.60 bits per heavy atom. The van der Waals surface area contributed by atoms with Crippen molar-refractivity contribution in [3.63, 3.8) is 0 Å². The van der Waals surface area contributed by atoms with Crippen LogP contribution in [0.4, 0.5) is 11.5 Å². The normalized spacial score (nSPS) is 10.2. The van der Waals surface area contributed by atoms with Crippen LogP contribution in [0.2, 0.25) is 0 Å². The van der Waals surface area contributed by atoms with Crippen molar-refractivity contribution in [3.05, 3.63) is 51.6 Å². The van der Waals surface area contributed by atoms with Crippen LogP contribution >= 0.6 is 0 Å². The molecule has 0 atom stereocenters. The minimum Gasteiger partial charge on any atom is -0.438 e. The van der Waals surface area contributed by atoms with Crippen molar-refractivity contribution in [3.8, 4) is 11.6 Å². The van der Waals surface area contributed by atoms with Gasteiger partial charge in [0.25, 0.3) is 5.69 Å². The minimum atomic E-state index is -0.475. The Labute approximate surface area is 116 Å². The Balaban J connectivity index is 2.37. The second kappa shape index (κ2) is 5.56. The van der Waals surface area contributed by atoms with E-state index in [2.05, 4.69) is 10.3 Å². The quantitative estimate of drug-likeness (QED) is 0.682. The summed E-state index contributed by atoms with van der Waals surface area (Å²) in [5.41, 5.74) is 2.01. The summed E-state index contributed by atoms with van der Waals surface area (Å²) in [7, 11) is 1.65. The lowest BCUT2D eigenvalue weighted by molar-refractivity contribution is -0.384. The Morgan fingerprint density at radius 1 is 1.25 bits per heavy atom. The van der Waals surface area contributed by atoms with Gasteiger partial charge in [-0.3, -0.25) is 10.1 Å². The zero-order valence-electron chi connectivity index (χ0n) is 11.5. The number of aromatic nitrogens is 1. The van der Waals surface area contributed by atoms with E-state index in [-0.39, 0.29) is 11.6 Å². The second-order valence-corrected chi connectivity index (χ2v) is 4.43. The zero-order valence-corrected chi connectivity index (χ0v) is 11.5. The molecule has 0 amide bonds. The highest BCUT2D eigenvalue weighted by Gasteiger charge is 2.12. The van der Waals surface area contributed by atoms with Gasteiger partial charge in [0.1, 0.15) is 11.6 Å². The lowest BCUT2D eigenvalue weighted by Gasteiger charge is -2.09. The lowest BCUT2D eigenvalue weighted by atomic mass is 10.1. The van der Waals surface area contributed by atoms with Crippen LogP contribution in [0, 0.1) is 24.0 Å². The third-order valence-electron chi connectivity index (χ3n) is 2.80. The van der Waals surface area contributed by atoms with Gasteiger partial charge in [-0.1, -0.05) is 17.7 Å². The molecule has 1 aromatic carbocycles. The molecule has 0 unspecified atom stereocenters. The van der Waals surface area contributed by atoms with Gasteiger partial charge in [0.15, 0.2) is 0 Å². The number of pyridine rings is 1. The van der Waals surface area contributed by atoms with Crippen molar-refractivity contribution < 1.29 is 9.66 Å². The molecule has 6 heteroatoms. The first-order chi connectivity index (χ1) is 9.49. The largest absolute Gasteiger partial charge is 0.438 e. The average Bonchev–Trinajstić information content (AvgIpc) is 2.41. The third-order valence-corrected chi connectivity index (χ3v) is 2.80. The molecule has 6 nitrogen and oxygen atoms in total. The molecule has 1 aromatic heterocycles. The van der Waals surface area contributed by atoms with E-state index in [1.165, 1.54) is 12.1 Å². The van der Waals surface area contributed by atoms with Gasteiger partial charge < -0.3 is 10.1 Å². The zero-order chi connectivity index (χ0) is 14.7. The monoisotopic (exact) mass is 273 g/mol. The van der Waals surface area contributed by atoms with Gasteiger partial charge in [-0.15, -0.1) is 0 Å². The molecule has 1 N–H and O–H groups in total. The molecule has 2 rings (SSSR count). The van der Waals surface area contributed by atoms with Crippen LogP contribution in [0.3, 0.4) is 0 Å². The van der Waals surface area contributed by atoms with E-state index in [9.17, 15) is 10.1 Å². The highest BCUT2D eigenvalue weighted by atomic mass is 16.6. The Bertz CT molecular complexity index is 656. The summed E-state index contributed by atoms with van der Waals surface area (Å²) in [6.07, 6.45) is 0. The van der Waals surface area contributed by atoms with Crippen LogP contribution in [0.25, 0.3) is 0 Å². The Kier molecular flexibility index (Phi) is 3.84. The van der Waals surface area contributed by atoms with Crippen LogP contribution in [0.5, 0.6) is 11.6 Å². The van der Waals surface area contributed by atoms with Gasteiger partial charge in [0.2, 0.25) is 5.88 Å². The maximum atomic E-state index is 10.9. The first-order valence-corrected chi connectivity index (χ1v) is 6.09. The molecule has 20 heavy (non-hydrogen) atoms. The molecule has 0 spiro atoms. The molecule has 0 aliphatic carbocycles. The fourth-order valence-corrected chi connectivity index (χ4v) is 1.80. The van der Waals surface area contributed by atoms with E-state index >= 15 is 0 Å². The fourth-order valence-electron chi connectivity index (χ4n) is 1.80. The summed E-state index contributed by atoms with van der Waals surface area (Å²) in [5, 5.41) is 13.7. The summed E-state index contributed by atoms with van der Waals surface area (Å²) in [6.45, 7) is 3.90. The van der Waals surface area contributed by atoms with Crippen molar-refractivity contribution in [1.29, 1.82) is 0 Å². The molecule has 0 saturated heterocycles. The van der Waals surface area contributed by atoms with Crippen molar-refractivity contribution >= 4 is 11.5 Å². The van der Waals surface area contributed by atoms with Crippen molar-refractivity contribution in [1.82, 2.24) is 4.98 Å². The number of hydrogen-bond acceptors (Lipinski definition) is 5. The molecule has 0 radical (unpaired) electrons. The van der Waals surface area contributed by atoms with Gasteiger partial charge in [0, 0.05) is 7.05 Å². The average molecular weight is 273 g/mol. The van der Waals surface area contributed by atoms with Crippen molar-refractivity contribution in [2.24, 2.45) is 0 Å². The van der Waals surface area contributed by atoms with Crippen molar-refractivity contribution in [2.75, 3.05) is 12.4 Å². The summed E-state index contributed by atoms with van der Waals surface area (Å²) >= 11 is 0. The van der Waals surface area contributed by atoms with Gasteiger partial charge >= 0.3 is 0 Å². The number of benzene rings is 1. The van der Waals surface area contributed by atoms with Gasteiger partial charge in [-0.25, -0.2) is 0 Å². The van der Waals surface area contributed by atoms with Crippen LogP contribution in [0.1, 0.15) is 11.1 Å². The SMILES string of the molecule is CNc1cc([N+](=O)[O-])cc(Oc2ccc(C)cc2C)n1. The van der Waals surface area contributed by atoms with Crippen LogP contribution in [0.15, 0.2) is 30.3 Å².